The lowest BCUT2D eigenvalue weighted by Crippen LogP contribution is -2.49. The molecule has 28 heavy (non-hydrogen) atoms. The van der Waals surface area contributed by atoms with Crippen LogP contribution in [0.4, 0.5) is 4.79 Å². The average molecular weight is 423 g/mol. The zero-order valence-electron chi connectivity index (χ0n) is 17.1. The third-order valence-corrected chi connectivity index (χ3v) is 5.72. The van der Waals surface area contributed by atoms with E-state index in [2.05, 4.69) is 12.2 Å². The Morgan fingerprint density at radius 1 is 1.11 bits per heavy atom. The summed E-state index contributed by atoms with van der Waals surface area (Å²) in [4.78, 5) is 29.7. The van der Waals surface area contributed by atoms with Crippen LogP contribution in [0, 0.1) is 0 Å². The highest BCUT2D eigenvalue weighted by molar-refractivity contribution is 7.10. The smallest absolute Gasteiger partial charge is 0.408 e. The number of alkyl carbamates (subject to hydrolysis) is 1. The van der Waals surface area contributed by atoms with E-state index in [0.29, 0.717) is 19.5 Å². The standard InChI is InChI=1S/C21H30N2O3S2/c1-5-6-11-18(22-20(25)26-21(2,3)4)19(24)23(14-16-9-7-12-27-16)15-17-10-8-13-28-17/h7-10,12-13,18H,5-6,11,14-15H2,1-4H3,(H,22,25)/t18-/m0/s1. The number of unbranched alkanes of at least 4 members (excludes halogenated alkanes) is 1. The van der Waals surface area contributed by atoms with Crippen molar-refractivity contribution in [2.45, 2.75) is 71.7 Å². The molecule has 0 aliphatic rings. The van der Waals surface area contributed by atoms with Crippen LogP contribution in [0.3, 0.4) is 0 Å². The predicted octanol–water partition coefficient (Wildman–Crippen LogP) is 5.42. The van der Waals surface area contributed by atoms with E-state index in [9.17, 15) is 9.59 Å². The van der Waals surface area contributed by atoms with Gasteiger partial charge >= 0.3 is 6.09 Å². The number of hydrogen-bond donors (Lipinski definition) is 1. The van der Waals surface area contributed by atoms with Gasteiger partial charge in [-0.2, -0.15) is 0 Å². The minimum atomic E-state index is -0.601. The third-order valence-electron chi connectivity index (χ3n) is 4.00. The minimum absolute atomic E-state index is 0.0684. The zero-order chi connectivity index (χ0) is 20.6. The summed E-state index contributed by atoms with van der Waals surface area (Å²) in [7, 11) is 0. The molecule has 1 atom stereocenters. The molecule has 7 heteroatoms. The molecule has 0 aromatic carbocycles. The summed E-state index contributed by atoms with van der Waals surface area (Å²) < 4.78 is 5.37. The van der Waals surface area contributed by atoms with Gasteiger partial charge in [-0.25, -0.2) is 4.79 Å². The van der Waals surface area contributed by atoms with Gasteiger partial charge in [-0.15, -0.1) is 22.7 Å². The Morgan fingerprint density at radius 3 is 2.11 bits per heavy atom. The summed E-state index contributed by atoms with van der Waals surface area (Å²) in [5, 5.41) is 6.82. The number of nitrogens with one attached hydrogen (secondary N) is 1. The normalized spacial score (nSPS) is 12.4. The van der Waals surface area contributed by atoms with Gasteiger partial charge in [0.1, 0.15) is 11.6 Å². The van der Waals surface area contributed by atoms with E-state index >= 15 is 0 Å². The average Bonchev–Trinajstić information content (AvgIpc) is 3.29. The fourth-order valence-corrected chi connectivity index (χ4v) is 4.17. The number of hydrogen-bond acceptors (Lipinski definition) is 5. The molecule has 0 bridgehead atoms. The second-order valence-corrected chi connectivity index (χ2v) is 9.76. The van der Waals surface area contributed by atoms with Gasteiger partial charge in [0.2, 0.25) is 5.91 Å². The molecule has 154 valence electrons. The number of carbonyl (C=O) groups excluding carboxylic acids is 2. The Morgan fingerprint density at radius 2 is 1.68 bits per heavy atom. The zero-order valence-corrected chi connectivity index (χ0v) is 18.7. The predicted molar refractivity (Wildman–Crippen MR) is 116 cm³/mol. The van der Waals surface area contributed by atoms with E-state index in [0.717, 1.165) is 22.6 Å². The van der Waals surface area contributed by atoms with E-state index in [1.165, 1.54) is 0 Å². The maximum Gasteiger partial charge on any atom is 0.408 e. The quantitative estimate of drug-likeness (QED) is 0.587. The van der Waals surface area contributed by atoms with Gasteiger partial charge in [-0.05, 0) is 50.1 Å². The summed E-state index contributed by atoms with van der Waals surface area (Å²) in [5.41, 5.74) is -0.601. The van der Waals surface area contributed by atoms with Crippen LogP contribution < -0.4 is 5.32 Å². The van der Waals surface area contributed by atoms with E-state index in [-0.39, 0.29) is 5.91 Å². The first-order chi connectivity index (χ1) is 13.3. The van der Waals surface area contributed by atoms with Crippen LogP contribution in [0.25, 0.3) is 0 Å². The van der Waals surface area contributed by atoms with Gasteiger partial charge in [-0.3, -0.25) is 4.79 Å². The van der Waals surface area contributed by atoms with Crippen molar-refractivity contribution in [3.8, 4) is 0 Å². The molecule has 0 saturated heterocycles. The van der Waals surface area contributed by atoms with Crippen LogP contribution in [0.5, 0.6) is 0 Å². The van der Waals surface area contributed by atoms with Crippen LogP contribution in [0.1, 0.15) is 56.7 Å². The number of rotatable bonds is 9. The molecule has 5 nitrogen and oxygen atoms in total. The maximum absolute atomic E-state index is 13.4. The molecule has 0 fully saturated rings. The maximum atomic E-state index is 13.4. The van der Waals surface area contributed by atoms with Crippen molar-refractivity contribution in [1.82, 2.24) is 10.2 Å². The Hall–Kier alpha value is -1.86. The number of carbonyl (C=O) groups is 2. The van der Waals surface area contributed by atoms with Gasteiger partial charge in [0, 0.05) is 9.75 Å². The molecular formula is C21H30N2O3S2. The molecular weight excluding hydrogens is 392 g/mol. The highest BCUT2D eigenvalue weighted by Crippen LogP contribution is 2.19. The number of amides is 2. The van der Waals surface area contributed by atoms with Gasteiger partial charge in [0.25, 0.3) is 0 Å². The largest absolute Gasteiger partial charge is 0.444 e. The minimum Gasteiger partial charge on any atom is -0.444 e. The van der Waals surface area contributed by atoms with Crippen molar-refractivity contribution >= 4 is 34.7 Å². The Labute approximate surface area is 175 Å². The molecule has 0 unspecified atom stereocenters. The van der Waals surface area contributed by atoms with Crippen molar-refractivity contribution in [3.63, 3.8) is 0 Å². The SMILES string of the molecule is CCCC[C@H](NC(=O)OC(C)(C)C)C(=O)N(Cc1cccs1)Cc1cccs1. The molecule has 0 saturated carbocycles. The monoisotopic (exact) mass is 422 g/mol. The van der Waals surface area contributed by atoms with Crippen molar-refractivity contribution < 1.29 is 14.3 Å². The van der Waals surface area contributed by atoms with Crippen molar-refractivity contribution in [1.29, 1.82) is 0 Å². The highest BCUT2D eigenvalue weighted by Gasteiger charge is 2.28. The highest BCUT2D eigenvalue weighted by atomic mass is 32.1. The van der Waals surface area contributed by atoms with Crippen LogP contribution in [-0.4, -0.2) is 28.5 Å². The summed E-state index contributed by atoms with van der Waals surface area (Å²) in [6.07, 6.45) is 1.86. The Kier molecular flexibility index (Phi) is 8.51. The summed E-state index contributed by atoms with van der Waals surface area (Å²) in [5.74, 6) is -0.0684. The number of nitrogens with zero attached hydrogens (tertiary/aromatic N) is 1. The van der Waals surface area contributed by atoms with Crippen molar-refractivity contribution in [2.24, 2.45) is 0 Å². The molecule has 2 aromatic heterocycles. The molecule has 2 aromatic rings. The van der Waals surface area contributed by atoms with Crippen LogP contribution in [-0.2, 0) is 22.6 Å². The molecule has 0 aliphatic heterocycles. The first-order valence-electron chi connectivity index (χ1n) is 9.61. The molecule has 0 radical (unpaired) electrons. The molecule has 2 amide bonds. The van der Waals surface area contributed by atoms with Crippen molar-refractivity contribution in [2.75, 3.05) is 0 Å². The van der Waals surface area contributed by atoms with E-state index in [4.69, 9.17) is 4.74 Å². The molecule has 0 spiro atoms. The molecule has 1 N–H and O–H groups in total. The van der Waals surface area contributed by atoms with E-state index in [1.54, 1.807) is 22.7 Å². The summed E-state index contributed by atoms with van der Waals surface area (Å²) in [6.45, 7) is 8.59. The lowest BCUT2D eigenvalue weighted by molar-refractivity contribution is -0.134. The van der Waals surface area contributed by atoms with Crippen LogP contribution in [0.15, 0.2) is 35.0 Å². The van der Waals surface area contributed by atoms with Gasteiger partial charge in [0.05, 0.1) is 13.1 Å². The second kappa shape index (κ2) is 10.6. The third kappa shape index (κ3) is 7.64. The van der Waals surface area contributed by atoms with E-state index < -0.39 is 17.7 Å². The van der Waals surface area contributed by atoms with Gasteiger partial charge in [0.15, 0.2) is 0 Å². The van der Waals surface area contributed by atoms with Gasteiger partial charge < -0.3 is 15.0 Å². The molecule has 2 heterocycles. The first-order valence-corrected chi connectivity index (χ1v) is 11.4. The Balaban J connectivity index is 2.15. The summed E-state index contributed by atoms with van der Waals surface area (Å²) in [6, 6.07) is 7.45. The Bertz CT molecular complexity index is 685. The number of thiophene rings is 2. The topological polar surface area (TPSA) is 58.6 Å². The van der Waals surface area contributed by atoms with Crippen LogP contribution >= 0.6 is 22.7 Å². The lowest BCUT2D eigenvalue weighted by atomic mass is 10.1. The second-order valence-electron chi connectivity index (χ2n) is 7.69. The number of ether oxygens (including phenoxy) is 1. The fraction of sp³-hybridized carbons (Fsp3) is 0.524. The lowest BCUT2D eigenvalue weighted by Gasteiger charge is -2.28. The summed E-state index contributed by atoms with van der Waals surface area (Å²) >= 11 is 3.26. The molecule has 0 aliphatic carbocycles. The first kappa shape index (κ1) is 22.4. The van der Waals surface area contributed by atoms with Crippen LogP contribution in [0.2, 0.25) is 0 Å². The fourth-order valence-electron chi connectivity index (χ4n) is 2.73. The molecule has 2 rings (SSSR count). The van der Waals surface area contributed by atoms with E-state index in [1.807, 2.05) is 60.7 Å². The van der Waals surface area contributed by atoms with Crippen molar-refractivity contribution in [3.05, 3.63) is 44.8 Å². The van der Waals surface area contributed by atoms with Gasteiger partial charge in [-0.1, -0.05) is 31.9 Å².